The first-order chi connectivity index (χ1) is 1.00. The molecule has 0 aromatic rings. The van der Waals surface area contributed by atoms with Gasteiger partial charge in [0.25, 0.3) is 0 Å². The van der Waals surface area contributed by atoms with Crippen LogP contribution in [0.2, 0.25) is 0 Å². The van der Waals surface area contributed by atoms with Gasteiger partial charge in [-0.25, -0.2) is 0 Å². The van der Waals surface area contributed by atoms with Crippen molar-refractivity contribution in [1.82, 2.24) is 0 Å². The van der Waals surface area contributed by atoms with Crippen molar-refractivity contribution >= 4 is 9.42 Å². The van der Waals surface area contributed by atoms with E-state index < -0.39 is 0 Å². The first kappa shape index (κ1) is 16.0. The molecule has 0 aromatic heterocycles. The van der Waals surface area contributed by atoms with Crippen molar-refractivity contribution in [3.63, 3.8) is 0 Å². The Labute approximate surface area is 83.0 Å². The predicted octanol–water partition coefficient (Wildman–Crippen LogP) is -3.13. The summed E-state index contributed by atoms with van der Waals surface area (Å²) in [4.78, 5) is 0. The largest absolute Gasteiger partial charge is 1.00 e. The number of rotatable bonds is 0. The Balaban J connectivity index is -0.00000000500. The average molecular weight is 288 g/mol. The Hall–Kier alpha value is 2.57. The van der Waals surface area contributed by atoms with Gasteiger partial charge in [0.1, 0.15) is 0 Å². The second-order valence-electron chi connectivity index (χ2n) is 0. The average Bonchev–Trinajstić information content (AvgIpc) is 1.00. The first-order valence-corrected chi connectivity index (χ1v) is 2.94. The molecule has 0 spiro atoms. The molecule has 4 heavy (non-hydrogen) atoms. The molecule has 0 aliphatic rings. The molecule has 0 rings (SSSR count). The molecule has 0 amide bonds. The molecule has 0 fully saturated rings. The summed E-state index contributed by atoms with van der Waals surface area (Å²) < 4.78 is 0. The van der Waals surface area contributed by atoms with Crippen LogP contribution in [0.25, 0.3) is 0 Å². The summed E-state index contributed by atoms with van der Waals surface area (Å²) in [6.07, 6.45) is 0. The Morgan fingerprint density at radius 3 is 1.25 bits per heavy atom. The van der Waals surface area contributed by atoms with Crippen LogP contribution in [0, 0.1) is 0 Å². The fraction of sp³-hybridized carbons (Fsp3) is 0. The topological polar surface area (TPSA) is 31.5 Å². The zero-order chi connectivity index (χ0) is 2.00. The van der Waals surface area contributed by atoms with Gasteiger partial charge in [-0.1, -0.05) is 0 Å². The summed E-state index contributed by atoms with van der Waals surface area (Å²) in [5, 5.41) is 0. The SMILES string of the molecule is O.[Cl][Pt-].[K+]. The van der Waals surface area contributed by atoms with Gasteiger partial charge in [0.2, 0.25) is 0 Å². The fourth-order valence-electron chi connectivity index (χ4n) is 0. The zero-order valence-electron chi connectivity index (χ0n) is 2.19. The van der Waals surface area contributed by atoms with Crippen molar-refractivity contribution < 1.29 is 75.6 Å². The summed E-state index contributed by atoms with van der Waals surface area (Å²) in [6, 6.07) is 0. The van der Waals surface area contributed by atoms with E-state index in [9.17, 15) is 0 Å². The van der Waals surface area contributed by atoms with Gasteiger partial charge in [-0.3, -0.25) is 0 Å². The van der Waals surface area contributed by atoms with E-state index in [0.717, 1.165) is 0 Å². The Morgan fingerprint density at radius 2 is 1.25 bits per heavy atom. The van der Waals surface area contributed by atoms with Gasteiger partial charge in [0, 0.05) is 0 Å². The molecule has 1 nitrogen and oxygen atoms in total. The van der Waals surface area contributed by atoms with Crippen molar-refractivity contribution in [1.29, 1.82) is 0 Å². The normalized spacial score (nSPS) is 1.75. The molecular weight excluding hydrogens is 286 g/mol. The quantitative estimate of drug-likeness (QED) is 0.422. The minimum atomic E-state index is 0. The Bertz CT molecular complexity index is 8.00. The van der Waals surface area contributed by atoms with Crippen LogP contribution < -0.4 is 51.4 Å². The Morgan fingerprint density at radius 1 is 1.25 bits per heavy atom. The van der Waals surface area contributed by atoms with Crippen LogP contribution in [0.15, 0.2) is 0 Å². The Kier molecular flexibility index (Phi) is 70.4. The molecule has 26 valence electrons. The summed E-state index contributed by atoms with van der Waals surface area (Å²) in [7, 11) is 4.61. The third kappa shape index (κ3) is 8.82. The van der Waals surface area contributed by atoms with Crippen LogP contribution in [0.3, 0.4) is 0 Å². The minimum absolute atomic E-state index is 0. The van der Waals surface area contributed by atoms with Gasteiger partial charge >= 0.3 is 79.6 Å². The molecule has 0 unspecified atom stereocenters. The zero-order valence-corrected chi connectivity index (χ0v) is 8.35. The maximum atomic E-state index is 4.61. The van der Waals surface area contributed by atoms with Gasteiger partial charge < -0.3 is 5.48 Å². The maximum Gasteiger partial charge on any atom is 1.00 e. The second-order valence-corrected chi connectivity index (χ2v) is 0. The van der Waals surface area contributed by atoms with E-state index in [1.807, 2.05) is 0 Å². The van der Waals surface area contributed by atoms with Gasteiger partial charge in [-0.15, -0.1) is 0 Å². The second kappa shape index (κ2) is 17.6. The smallest absolute Gasteiger partial charge is 1.00 e. The molecule has 0 saturated heterocycles. The first-order valence-electron chi connectivity index (χ1n) is 0.120. The van der Waals surface area contributed by atoms with Gasteiger partial charge in [-0.05, 0) is 0 Å². The van der Waals surface area contributed by atoms with E-state index in [-0.39, 0.29) is 56.9 Å². The van der Waals surface area contributed by atoms with Gasteiger partial charge in [0.15, 0.2) is 0 Å². The molecule has 0 bridgehead atoms. The summed E-state index contributed by atoms with van der Waals surface area (Å²) in [6.45, 7) is 0. The van der Waals surface area contributed by atoms with Crippen molar-refractivity contribution in [3.05, 3.63) is 0 Å². The van der Waals surface area contributed by atoms with Crippen molar-refractivity contribution in [2.45, 2.75) is 0 Å². The van der Waals surface area contributed by atoms with E-state index in [1.54, 1.807) is 18.8 Å². The van der Waals surface area contributed by atoms with Gasteiger partial charge in [0.05, 0.1) is 0 Å². The number of hydrogen-bond donors (Lipinski definition) is 0. The monoisotopic (exact) mass is 287 g/mol. The molecule has 0 radical (unpaired) electrons. The summed E-state index contributed by atoms with van der Waals surface area (Å²) in [5.74, 6) is 0. The van der Waals surface area contributed by atoms with E-state index in [0.29, 0.717) is 0 Å². The molecule has 0 heterocycles. The molecule has 2 N–H and O–H groups in total. The summed E-state index contributed by atoms with van der Waals surface area (Å²) in [5.41, 5.74) is 0. The molecule has 0 atom stereocenters. The third-order valence-electron chi connectivity index (χ3n) is 0. The molecular formula is H2ClKOPt. The number of hydrogen-bond acceptors (Lipinski definition) is 0. The predicted molar refractivity (Wildman–Crippen MR) is 9.47 cm³/mol. The van der Waals surface area contributed by atoms with Crippen molar-refractivity contribution in [2.75, 3.05) is 0 Å². The molecule has 0 saturated carbocycles. The van der Waals surface area contributed by atoms with Crippen LogP contribution in [0.1, 0.15) is 0 Å². The molecule has 0 aromatic carbocycles. The minimum Gasteiger partial charge on any atom is 1.00 e. The van der Waals surface area contributed by atoms with Gasteiger partial charge in [-0.2, -0.15) is 0 Å². The molecule has 0 aliphatic heterocycles. The fourth-order valence-corrected chi connectivity index (χ4v) is 0. The van der Waals surface area contributed by atoms with Crippen LogP contribution in [0.4, 0.5) is 0 Å². The van der Waals surface area contributed by atoms with Crippen molar-refractivity contribution in [3.8, 4) is 0 Å². The summed E-state index contributed by atoms with van der Waals surface area (Å²) >= 11 is 1.61. The van der Waals surface area contributed by atoms with Crippen LogP contribution in [-0.2, 0) is 18.8 Å². The standard InChI is InChI=1S/ClH.K.H2O.Pt/h1H;;1H2;/q;+1;;/p-1. The maximum absolute atomic E-state index is 4.61. The van der Waals surface area contributed by atoms with Crippen molar-refractivity contribution in [2.24, 2.45) is 0 Å². The third-order valence-corrected chi connectivity index (χ3v) is 0. The molecule has 4 heteroatoms. The van der Waals surface area contributed by atoms with Crippen LogP contribution in [-0.4, -0.2) is 5.48 Å². The van der Waals surface area contributed by atoms with Crippen LogP contribution in [0.5, 0.6) is 0 Å². The van der Waals surface area contributed by atoms with E-state index >= 15 is 0 Å². The molecule has 0 aliphatic carbocycles. The van der Waals surface area contributed by atoms with E-state index in [2.05, 4.69) is 9.42 Å². The van der Waals surface area contributed by atoms with E-state index in [1.165, 1.54) is 0 Å². The van der Waals surface area contributed by atoms with E-state index in [4.69, 9.17) is 0 Å². The number of halogens is 1. The van der Waals surface area contributed by atoms with Crippen LogP contribution >= 0.6 is 9.42 Å².